The predicted octanol–water partition coefficient (Wildman–Crippen LogP) is 1.26. The van der Waals surface area contributed by atoms with Gasteiger partial charge < -0.3 is 4.90 Å². The highest BCUT2D eigenvalue weighted by molar-refractivity contribution is 7.99. The van der Waals surface area contributed by atoms with Crippen LogP contribution in [-0.4, -0.2) is 41.9 Å². The lowest BCUT2D eigenvalue weighted by molar-refractivity contribution is -0.129. The molecule has 1 aliphatic heterocycles. The van der Waals surface area contributed by atoms with E-state index in [0.717, 1.165) is 17.9 Å². The summed E-state index contributed by atoms with van der Waals surface area (Å²) in [6.45, 7) is -0.0613. The number of carbonyl (C=O) groups is 1. The van der Waals surface area contributed by atoms with Gasteiger partial charge in [0.25, 0.3) is 0 Å². The number of azide groups is 1. The number of carbonyl (C=O) groups excluding carboxylic acids is 1. The van der Waals surface area contributed by atoms with Crippen LogP contribution in [0.3, 0.4) is 0 Å². The van der Waals surface area contributed by atoms with E-state index in [4.69, 9.17) is 5.53 Å². The van der Waals surface area contributed by atoms with Crippen LogP contribution in [0.25, 0.3) is 10.4 Å². The third-order valence-corrected chi connectivity index (χ3v) is 3.26. The fourth-order valence-corrected chi connectivity index (χ4v) is 2.50. The lowest BCUT2D eigenvalue weighted by Crippen LogP contribution is -2.38. The van der Waals surface area contributed by atoms with Crippen molar-refractivity contribution in [1.82, 2.24) is 4.90 Å². The lowest BCUT2D eigenvalue weighted by atomic mass is 10.2. The van der Waals surface area contributed by atoms with Crippen molar-refractivity contribution in [3.8, 4) is 0 Å². The highest BCUT2D eigenvalue weighted by Gasteiger charge is 2.22. The van der Waals surface area contributed by atoms with Gasteiger partial charge in [-0.2, -0.15) is 11.8 Å². The smallest absolute Gasteiger partial charge is 0.228 e. The summed E-state index contributed by atoms with van der Waals surface area (Å²) in [6.07, 6.45) is 1.04. The Morgan fingerprint density at radius 3 is 3.15 bits per heavy atom. The second-order valence-electron chi connectivity index (χ2n) is 2.91. The molecule has 5 nitrogen and oxygen atoms in total. The molecule has 0 aromatic heterocycles. The summed E-state index contributed by atoms with van der Waals surface area (Å²) in [5.41, 5.74) is 8.05. The van der Waals surface area contributed by atoms with Crippen LogP contribution >= 0.6 is 11.8 Å². The first-order valence-electron chi connectivity index (χ1n) is 4.10. The highest BCUT2D eigenvalue weighted by Crippen LogP contribution is 2.21. The molecule has 6 heteroatoms. The Labute approximate surface area is 81.1 Å². The van der Waals surface area contributed by atoms with Crippen LogP contribution in [0, 0.1) is 0 Å². The normalized spacial score (nSPS) is 20.8. The van der Waals surface area contributed by atoms with E-state index in [1.807, 2.05) is 11.8 Å². The third-order valence-electron chi connectivity index (χ3n) is 2.12. The predicted molar refractivity (Wildman–Crippen MR) is 52.5 cm³/mol. The van der Waals surface area contributed by atoms with Gasteiger partial charge in [-0.1, -0.05) is 5.11 Å². The van der Waals surface area contributed by atoms with E-state index in [1.165, 1.54) is 0 Å². The third kappa shape index (κ3) is 2.82. The quantitative estimate of drug-likeness (QED) is 0.391. The fourth-order valence-electron chi connectivity index (χ4n) is 1.23. The van der Waals surface area contributed by atoms with Crippen LogP contribution in [0.2, 0.25) is 0 Å². The molecule has 1 rings (SSSR count). The molecule has 0 aromatic rings. The maximum absolute atomic E-state index is 11.3. The second-order valence-corrected chi connectivity index (χ2v) is 4.06. The summed E-state index contributed by atoms with van der Waals surface area (Å²) in [7, 11) is 1.77. The van der Waals surface area contributed by atoms with Gasteiger partial charge in [0.15, 0.2) is 0 Å². The molecule has 72 valence electrons. The summed E-state index contributed by atoms with van der Waals surface area (Å²) in [6, 6.07) is 0.325. The molecule has 0 saturated carbocycles. The fraction of sp³-hybridized carbons (Fsp3) is 0.857. The largest absolute Gasteiger partial charge is 0.342 e. The Balaban J connectivity index is 2.40. The van der Waals surface area contributed by atoms with Gasteiger partial charge in [0.1, 0.15) is 6.54 Å². The summed E-state index contributed by atoms with van der Waals surface area (Å²) < 4.78 is 0. The monoisotopic (exact) mass is 200 g/mol. The van der Waals surface area contributed by atoms with Gasteiger partial charge in [-0.15, -0.1) is 0 Å². The van der Waals surface area contributed by atoms with E-state index in [0.29, 0.717) is 6.04 Å². The van der Waals surface area contributed by atoms with Gasteiger partial charge in [0.05, 0.1) is 0 Å². The van der Waals surface area contributed by atoms with Gasteiger partial charge in [-0.05, 0) is 17.7 Å². The zero-order valence-electron chi connectivity index (χ0n) is 7.51. The van der Waals surface area contributed by atoms with Crippen molar-refractivity contribution in [2.24, 2.45) is 5.11 Å². The maximum atomic E-state index is 11.3. The number of hydrogen-bond acceptors (Lipinski definition) is 3. The number of thioether (sulfide) groups is 1. The Hall–Kier alpha value is -0.870. The molecule has 0 N–H and O–H groups in total. The molecule has 1 amide bonds. The number of rotatable bonds is 3. The maximum Gasteiger partial charge on any atom is 0.228 e. The van der Waals surface area contributed by atoms with Crippen LogP contribution in [0.15, 0.2) is 5.11 Å². The molecule has 1 fully saturated rings. The van der Waals surface area contributed by atoms with E-state index in [9.17, 15) is 4.79 Å². The van der Waals surface area contributed by atoms with Gasteiger partial charge >= 0.3 is 0 Å². The first-order chi connectivity index (χ1) is 6.25. The minimum atomic E-state index is -0.0923. The van der Waals surface area contributed by atoms with E-state index in [2.05, 4.69) is 10.0 Å². The van der Waals surface area contributed by atoms with Crippen molar-refractivity contribution in [1.29, 1.82) is 0 Å². The molecule has 1 heterocycles. The van der Waals surface area contributed by atoms with Crippen molar-refractivity contribution in [3.05, 3.63) is 10.4 Å². The summed E-state index contributed by atoms with van der Waals surface area (Å²) in [4.78, 5) is 15.6. The Morgan fingerprint density at radius 1 is 1.85 bits per heavy atom. The lowest BCUT2D eigenvalue weighted by Gasteiger charge is -2.22. The van der Waals surface area contributed by atoms with Crippen LogP contribution in [-0.2, 0) is 4.79 Å². The molecule has 1 atom stereocenters. The molecule has 1 aliphatic rings. The average molecular weight is 200 g/mol. The minimum Gasteiger partial charge on any atom is -0.342 e. The van der Waals surface area contributed by atoms with Crippen molar-refractivity contribution in [2.75, 3.05) is 25.1 Å². The van der Waals surface area contributed by atoms with Gasteiger partial charge in [0, 0.05) is 23.8 Å². The van der Waals surface area contributed by atoms with Crippen LogP contribution < -0.4 is 0 Å². The van der Waals surface area contributed by atoms with Crippen molar-refractivity contribution in [2.45, 2.75) is 12.5 Å². The summed E-state index contributed by atoms with van der Waals surface area (Å²) >= 11 is 1.85. The van der Waals surface area contributed by atoms with Crippen LogP contribution in [0.5, 0.6) is 0 Å². The minimum absolute atomic E-state index is 0.0613. The highest BCUT2D eigenvalue weighted by atomic mass is 32.2. The average Bonchev–Trinajstić information content (AvgIpc) is 2.65. The molecular formula is C7H12N4OS. The topological polar surface area (TPSA) is 69.1 Å². The number of nitrogens with zero attached hydrogens (tertiary/aromatic N) is 4. The van der Waals surface area contributed by atoms with E-state index < -0.39 is 0 Å². The molecule has 0 aliphatic carbocycles. The number of likely N-dealkylation sites (N-methyl/N-ethyl adjacent to an activating group) is 1. The van der Waals surface area contributed by atoms with Gasteiger partial charge in [0.2, 0.25) is 5.91 Å². The Morgan fingerprint density at radius 2 is 2.62 bits per heavy atom. The summed E-state index contributed by atoms with van der Waals surface area (Å²) in [5, 5.41) is 3.25. The first-order valence-corrected chi connectivity index (χ1v) is 5.25. The second kappa shape index (κ2) is 4.99. The van der Waals surface area contributed by atoms with Crippen molar-refractivity contribution < 1.29 is 4.79 Å². The molecule has 0 bridgehead atoms. The van der Waals surface area contributed by atoms with Gasteiger partial charge in [-0.25, -0.2) is 0 Å². The number of hydrogen-bond donors (Lipinski definition) is 0. The van der Waals surface area contributed by atoms with E-state index >= 15 is 0 Å². The Bertz CT molecular complexity index is 233. The van der Waals surface area contributed by atoms with Crippen molar-refractivity contribution >= 4 is 17.7 Å². The molecule has 1 unspecified atom stereocenters. The van der Waals surface area contributed by atoms with E-state index in [1.54, 1.807) is 11.9 Å². The SMILES string of the molecule is CN(C(=O)CN=[N+]=[N-])C1CCSC1. The molecular weight excluding hydrogens is 188 g/mol. The Kier molecular flexibility index (Phi) is 3.92. The van der Waals surface area contributed by atoms with Crippen LogP contribution in [0.1, 0.15) is 6.42 Å². The first kappa shape index (κ1) is 10.2. The molecule has 0 radical (unpaired) electrons. The van der Waals surface area contributed by atoms with Gasteiger partial charge in [-0.3, -0.25) is 4.79 Å². The molecule has 1 saturated heterocycles. The molecule has 0 spiro atoms. The summed E-state index contributed by atoms with van der Waals surface area (Å²) in [5.74, 6) is 2.02. The van der Waals surface area contributed by atoms with Crippen LogP contribution in [0.4, 0.5) is 0 Å². The zero-order chi connectivity index (χ0) is 9.68. The van der Waals surface area contributed by atoms with E-state index in [-0.39, 0.29) is 12.5 Å². The zero-order valence-corrected chi connectivity index (χ0v) is 8.33. The number of amides is 1. The van der Waals surface area contributed by atoms with Crippen molar-refractivity contribution in [3.63, 3.8) is 0 Å². The standard InChI is InChI=1S/C7H12N4OS/c1-11(6-2-3-13-5-6)7(12)4-9-10-8/h6H,2-5H2,1H3. The molecule has 13 heavy (non-hydrogen) atoms. The molecule has 0 aromatic carbocycles.